The van der Waals surface area contributed by atoms with E-state index in [-0.39, 0.29) is 5.56 Å². The van der Waals surface area contributed by atoms with Crippen molar-refractivity contribution in [2.24, 2.45) is 5.84 Å². The van der Waals surface area contributed by atoms with Crippen LogP contribution in [0.25, 0.3) is 0 Å². The second kappa shape index (κ2) is 5.62. The smallest absolute Gasteiger partial charge is 0.259 e. The fraction of sp³-hybridized carbons (Fsp3) is 0.400. The summed E-state index contributed by atoms with van der Waals surface area (Å²) in [5, 5.41) is 0. The first-order valence-corrected chi connectivity index (χ1v) is 4.60. The summed E-state index contributed by atoms with van der Waals surface area (Å²) in [5.74, 6) is 5.73. The van der Waals surface area contributed by atoms with Gasteiger partial charge in [0.15, 0.2) is 0 Å². The Morgan fingerprint density at radius 1 is 1.19 bits per heavy atom. The maximum atomic E-state index is 12.8. The molecule has 1 rings (SSSR count). The van der Waals surface area contributed by atoms with Gasteiger partial charge in [0.25, 0.3) is 6.43 Å². The molecule has 3 N–H and O–H groups in total. The normalized spacial score (nSPS) is 12.6. The summed E-state index contributed by atoms with van der Waals surface area (Å²) in [6, 6.07) is 3.47. The Bertz CT molecular complexity index is 325. The number of hydrogen-bond acceptors (Lipinski definition) is 4. The van der Waals surface area contributed by atoms with Gasteiger partial charge in [0.05, 0.1) is 19.8 Å². The Morgan fingerprint density at radius 2 is 1.69 bits per heavy atom. The van der Waals surface area contributed by atoms with Crippen LogP contribution in [0.5, 0.6) is 11.5 Å². The maximum Gasteiger partial charge on any atom is 0.259 e. The molecule has 4 nitrogen and oxygen atoms in total. The van der Waals surface area contributed by atoms with E-state index in [2.05, 4.69) is 5.43 Å². The van der Waals surface area contributed by atoms with Gasteiger partial charge in [-0.3, -0.25) is 5.84 Å². The fourth-order valence-corrected chi connectivity index (χ4v) is 1.47. The van der Waals surface area contributed by atoms with Crippen LogP contribution in [0.4, 0.5) is 8.78 Å². The van der Waals surface area contributed by atoms with E-state index >= 15 is 0 Å². The zero-order valence-corrected chi connectivity index (χ0v) is 9.04. The van der Waals surface area contributed by atoms with E-state index in [0.29, 0.717) is 11.5 Å². The molecule has 1 atom stereocenters. The van der Waals surface area contributed by atoms with Crippen LogP contribution in [0.1, 0.15) is 11.6 Å². The van der Waals surface area contributed by atoms with Gasteiger partial charge in [0, 0.05) is 0 Å². The Labute approximate surface area is 92.3 Å². The first-order chi connectivity index (χ1) is 7.65. The van der Waals surface area contributed by atoms with Crippen LogP contribution in [0, 0.1) is 0 Å². The van der Waals surface area contributed by atoms with Crippen molar-refractivity contribution in [1.82, 2.24) is 5.43 Å². The number of alkyl halides is 2. The largest absolute Gasteiger partial charge is 0.496 e. The third-order valence-electron chi connectivity index (χ3n) is 2.21. The fourth-order valence-electron chi connectivity index (χ4n) is 1.47. The van der Waals surface area contributed by atoms with Crippen molar-refractivity contribution in [3.05, 3.63) is 23.8 Å². The van der Waals surface area contributed by atoms with E-state index in [1.807, 2.05) is 0 Å². The SMILES string of the molecule is COc1cccc(OC)c1C(NN)C(F)F. The zero-order chi connectivity index (χ0) is 12.1. The van der Waals surface area contributed by atoms with E-state index in [9.17, 15) is 8.78 Å². The highest BCUT2D eigenvalue weighted by atomic mass is 19.3. The van der Waals surface area contributed by atoms with Crippen LogP contribution in [0.15, 0.2) is 18.2 Å². The third kappa shape index (κ3) is 2.40. The molecule has 0 bridgehead atoms. The molecule has 0 saturated carbocycles. The standard InChI is InChI=1S/C10H14F2N2O2/c1-15-6-4-3-5-7(16-2)8(6)9(14-13)10(11)12/h3-5,9-10,14H,13H2,1-2H3. The van der Waals surface area contributed by atoms with E-state index in [1.54, 1.807) is 18.2 Å². The lowest BCUT2D eigenvalue weighted by molar-refractivity contribution is 0.0959. The second-order valence-corrected chi connectivity index (χ2v) is 3.06. The molecule has 1 unspecified atom stereocenters. The van der Waals surface area contributed by atoms with E-state index in [1.165, 1.54) is 14.2 Å². The molecule has 0 radical (unpaired) electrons. The Kier molecular flexibility index (Phi) is 4.45. The number of benzene rings is 1. The van der Waals surface area contributed by atoms with Gasteiger partial charge < -0.3 is 9.47 Å². The molecule has 6 heteroatoms. The Hall–Kier alpha value is -1.40. The van der Waals surface area contributed by atoms with Crippen LogP contribution in [-0.4, -0.2) is 20.6 Å². The van der Waals surface area contributed by atoms with Crippen LogP contribution >= 0.6 is 0 Å². The van der Waals surface area contributed by atoms with Crippen molar-refractivity contribution < 1.29 is 18.3 Å². The van der Waals surface area contributed by atoms with Gasteiger partial charge in [-0.05, 0) is 12.1 Å². The van der Waals surface area contributed by atoms with Crippen molar-refractivity contribution in [3.8, 4) is 11.5 Å². The first kappa shape index (κ1) is 12.7. The minimum absolute atomic E-state index is 0.213. The molecule has 0 amide bonds. The van der Waals surface area contributed by atoms with E-state index in [0.717, 1.165) is 0 Å². The van der Waals surface area contributed by atoms with Crippen LogP contribution in [-0.2, 0) is 0 Å². The minimum Gasteiger partial charge on any atom is -0.496 e. The molecule has 16 heavy (non-hydrogen) atoms. The van der Waals surface area contributed by atoms with Gasteiger partial charge in [0.2, 0.25) is 0 Å². The van der Waals surface area contributed by atoms with Crippen molar-refractivity contribution in [2.45, 2.75) is 12.5 Å². The van der Waals surface area contributed by atoms with Crippen molar-refractivity contribution in [1.29, 1.82) is 0 Å². The number of rotatable bonds is 5. The third-order valence-corrected chi connectivity index (χ3v) is 2.21. The summed E-state index contributed by atoms with van der Waals surface area (Å²) in [4.78, 5) is 0. The van der Waals surface area contributed by atoms with Gasteiger partial charge in [-0.15, -0.1) is 0 Å². The average molecular weight is 232 g/mol. The molecular formula is C10H14F2N2O2. The molecule has 0 heterocycles. The maximum absolute atomic E-state index is 12.8. The Balaban J connectivity index is 3.26. The summed E-state index contributed by atoms with van der Waals surface area (Å²) in [5.41, 5.74) is 2.27. The average Bonchev–Trinajstić information content (AvgIpc) is 2.29. The van der Waals surface area contributed by atoms with E-state index in [4.69, 9.17) is 15.3 Å². The highest BCUT2D eigenvalue weighted by molar-refractivity contribution is 5.47. The molecule has 0 fully saturated rings. The number of nitrogens with two attached hydrogens (primary N) is 1. The highest BCUT2D eigenvalue weighted by Gasteiger charge is 2.27. The molecule has 0 aliphatic rings. The van der Waals surface area contributed by atoms with Gasteiger partial charge >= 0.3 is 0 Å². The molecule has 1 aromatic rings. The lowest BCUT2D eigenvalue weighted by Crippen LogP contribution is -2.33. The summed E-state index contributed by atoms with van der Waals surface area (Å²) in [7, 11) is 2.80. The van der Waals surface area contributed by atoms with Gasteiger partial charge in [-0.1, -0.05) is 6.07 Å². The number of methoxy groups -OCH3 is 2. The Morgan fingerprint density at radius 3 is 2.00 bits per heavy atom. The van der Waals surface area contributed by atoms with Gasteiger partial charge in [0.1, 0.15) is 17.5 Å². The summed E-state index contributed by atoms with van der Waals surface area (Å²) in [6.07, 6.45) is -2.66. The molecule has 0 aliphatic carbocycles. The molecular weight excluding hydrogens is 218 g/mol. The summed E-state index contributed by atoms with van der Waals surface area (Å²) < 4.78 is 35.6. The van der Waals surface area contributed by atoms with Crippen LogP contribution in [0.3, 0.4) is 0 Å². The number of nitrogens with one attached hydrogen (secondary N) is 1. The van der Waals surface area contributed by atoms with Crippen molar-refractivity contribution >= 4 is 0 Å². The summed E-state index contributed by atoms with van der Waals surface area (Å²) in [6.45, 7) is 0. The van der Waals surface area contributed by atoms with Crippen LogP contribution in [0.2, 0.25) is 0 Å². The summed E-state index contributed by atoms with van der Waals surface area (Å²) >= 11 is 0. The van der Waals surface area contributed by atoms with Crippen molar-refractivity contribution in [2.75, 3.05) is 14.2 Å². The van der Waals surface area contributed by atoms with E-state index < -0.39 is 12.5 Å². The molecule has 0 saturated heterocycles. The number of ether oxygens (including phenoxy) is 2. The second-order valence-electron chi connectivity index (χ2n) is 3.06. The number of halogens is 2. The molecule has 0 spiro atoms. The number of hydrazine groups is 1. The quantitative estimate of drug-likeness (QED) is 0.596. The zero-order valence-electron chi connectivity index (χ0n) is 9.04. The predicted octanol–water partition coefficient (Wildman–Crippen LogP) is 1.47. The first-order valence-electron chi connectivity index (χ1n) is 4.60. The molecule has 90 valence electrons. The monoisotopic (exact) mass is 232 g/mol. The topological polar surface area (TPSA) is 56.5 Å². The lowest BCUT2D eigenvalue weighted by Gasteiger charge is -2.20. The predicted molar refractivity (Wildman–Crippen MR) is 55.6 cm³/mol. The van der Waals surface area contributed by atoms with Gasteiger partial charge in [-0.25, -0.2) is 14.2 Å². The molecule has 0 aliphatic heterocycles. The lowest BCUT2D eigenvalue weighted by atomic mass is 10.1. The van der Waals surface area contributed by atoms with Gasteiger partial charge in [-0.2, -0.15) is 0 Å². The number of hydrogen-bond donors (Lipinski definition) is 2. The minimum atomic E-state index is -2.66. The highest BCUT2D eigenvalue weighted by Crippen LogP contribution is 2.36. The van der Waals surface area contributed by atoms with Crippen LogP contribution < -0.4 is 20.7 Å². The molecule has 1 aromatic carbocycles. The van der Waals surface area contributed by atoms with Crippen molar-refractivity contribution in [3.63, 3.8) is 0 Å². The molecule has 0 aromatic heterocycles.